The molecule has 1 amide bonds. The lowest BCUT2D eigenvalue weighted by atomic mass is 10.4. The molecular formula is C12H23NO5. The van der Waals surface area contributed by atoms with Gasteiger partial charge in [0, 0.05) is 20.0 Å². The second-order valence-corrected chi connectivity index (χ2v) is 3.96. The van der Waals surface area contributed by atoms with Gasteiger partial charge in [-0.05, 0) is 0 Å². The number of hydrogen-bond donors (Lipinski definition) is 0. The van der Waals surface area contributed by atoms with Crippen molar-refractivity contribution in [3.63, 3.8) is 0 Å². The highest BCUT2D eigenvalue weighted by Gasteiger charge is 2.08. The minimum atomic E-state index is 0.0408. The van der Waals surface area contributed by atoms with E-state index in [1.807, 2.05) is 0 Å². The highest BCUT2D eigenvalue weighted by atomic mass is 16.6. The summed E-state index contributed by atoms with van der Waals surface area (Å²) in [5, 5.41) is 0. The van der Waals surface area contributed by atoms with Crippen LogP contribution in [0.1, 0.15) is 6.92 Å². The first-order chi connectivity index (χ1) is 8.80. The van der Waals surface area contributed by atoms with Crippen molar-refractivity contribution in [2.45, 2.75) is 6.92 Å². The third-order valence-electron chi connectivity index (χ3n) is 2.57. The fraction of sp³-hybridized carbons (Fsp3) is 0.917. The van der Waals surface area contributed by atoms with Crippen molar-refractivity contribution in [2.75, 3.05) is 65.9 Å². The monoisotopic (exact) mass is 261 g/mol. The van der Waals surface area contributed by atoms with E-state index in [0.717, 1.165) is 0 Å². The van der Waals surface area contributed by atoms with Crippen molar-refractivity contribution in [1.29, 1.82) is 0 Å². The second kappa shape index (κ2) is 10.3. The Morgan fingerprint density at radius 1 is 0.722 bits per heavy atom. The summed E-state index contributed by atoms with van der Waals surface area (Å²) in [5.74, 6) is 0.0408. The zero-order valence-electron chi connectivity index (χ0n) is 11.1. The maximum absolute atomic E-state index is 11.4. The van der Waals surface area contributed by atoms with Crippen LogP contribution in [0.5, 0.6) is 0 Å². The SMILES string of the molecule is CC(=O)N1CCOCCOCCOCCOCC1. The van der Waals surface area contributed by atoms with E-state index in [1.54, 1.807) is 11.8 Å². The molecule has 18 heavy (non-hydrogen) atoms. The highest BCUT2D eigenvalue weighted by Crippen LogP contribution is 1.92. The highest BCUT2D eigenvalue weighted by molar-refractivity contribution is 5.73. The number of carbonyl (C=O) groups excluding carboxylic acids is 1. The molecule has 1 aliphatic heterocycles. The van der Waals surface area contributed by atoms with Crippen molar-refractivity contribution in [2.24, 2.45) is 0 Å². The molecule has 1 aliphatic rings. The molecule has 0 aromatic heterocycles. The molecule has 0 atom stereocenters. The van der Waals surface area contributed by atoms with Gasteiger partial charge in [0.1, 0.15) is 0 Å². The van der Waals surface area contributed by atoms with Gasteiger partial charge in [0.25, 0.3) is 0 Å². The van der Waals surface area contributed by atoms with Gasteiger partial charge in [0.2, 0.25) is 5.91 Å². The van der Waals surface area contributed by atoms with Crippen LogP contribution in [-0.2, 0) is 23.7 Å². The fourth-order valence-corrected chi connectivity index (χ4v) is 1.54. The van der Waals surface area contributed by atoms with E-state index in [0.29, 0.717) is 65.9 Å². The fourth-order valence-electron chi connectivity index (χ4n) is 1.54. The quantitative estimate of drug-likeness (QED) is 0.610. The Bertz CT molecular complexity index is 209. The molecule has 0 aromatic carbocycles. The van der Waals surface area contributed by atoms with Crippen molar-refractivity contribution in [3.8, 4) is 0 Å². The second-order valence-electron chi connectivity index (χ2n) is 3.96. The Morgan fingerprint density at radius 2 is 1.06 bits per heavy atom. The average molecular weight is 261 g/mol. The number of carbonyl (C=O) groups is 1. The summed E-state index contributed by atoms with van der Waals surface area (Å²) in [4.78, 5) is 13.1. The minimum Gasteiger partial charge on any atom is -0.377 e. The Labute approximate surface area is 108 Å². The molecule has 6 nitrogen and oxygen atoms in total. The molecule has 0 bridgehead atoms. The Hall–Kier alpha value is -0.690. The third kappa shape index (κ3) is 7.60. The summed E-state index contributed by atoms with van der Waals surface area (Å²) in [6.07, 6.45) is 0. The van der Waals surface area contributed by atoms with E-state index < -0.39 is 0 Å². The molecule has 0 aliphatic carbocycles. The van der Waals surface area contributed by atoms with Crippen LogP contribution in [-0.4, -0.2) is 76.8 Å². The number of hydrogen-bond acceptors (Lipinski definition) is 5. The Kier molecular flexibility index (Phi) is 8.75. The summed E-state index contributed by atoms with van der Waals surface area (Å²) in [6, 6.07) is 0. The Morgan fingerprint density at radius 3 is 1.39 bits per heavy atom. The first kappa shape index (κ1) is 15.4. The molecule has 6 heteroatoms. The van der Waals surface area contributed by atoms with E-state index >= 15 is 0 Å². The number of rotatable bonds is 0. The van der Waals surface area contributed by atoms with Crippen LogP contribution in [0.4, 0.5) is 0 Å². The van der Waals surface area contributed by atoms with E-state index in [4.69, 9.17) is 18.9 Å². The van der Waals surface area contributed by atoms with Gasteiger partial charge in [-0.25, -0.2) is 0 Å². The van der Waals surface area contributed by atoms with Gasteiger partial charge in [-0.2, -0.15) is 0 Å². The number of amides is 1. The first-order valence-electron chi connectivity index (χ1n) is 6.37. The number of ether oxygens (including phenoxy) is 4. The zero-order chi connectivity index (χ0) is 13.1. The van der Waals surface area contributed by atoms with E-state index in [1.165, 1.54) is 0 Å². The van der Waals surface area contributed by atoms with Gasteiger partial charge in [-0.3, -0.25) is 4.79 Å². The lowest BCUT2D eigenvalue weighted by Crippen LogP contribution is -2.35. The molecule has 1 saturated heterocycles. The van der Waals surface area contributed by atoms with Gasteiger partial charge in [0.15, 0.2) is 0 Å². The average Bonchev–Trinajstić information content (AvgIpc) is 2.36. The lowest BCUT2D eigenvalue weighted by Gasteiger charge is -2.20. The molecule has 1 rings (SSSR count). The number of nitrogens with zero attached hydrogens (tertiary/aromatic N) is 1. The minimum absolute atomic E-state index is 0.0408. The third-order valence-corrected chi connectivity index (χ3v) is 2.57. The van der Waals surface area contributed by atoms with Crippen LogP contribution < -0.4 is 0 Å². The van der Waals surface area contributed by atoms with Crippen LogP contribution in [0, 0.1) is 0 Å². The van der Waals surface area contributed by atoms with Gasteiger partial charge in [-0.1, -0.05) is 0 Å². The van der Waals surface area contributed by atoms with Gasteiger partial charge < -0.3 is 23.8 Å². The van der Waals surface area contributed by atoms with E-state index in [9.17, 15) is 4.79 Å². The summed E-state index contributed by atoms with van der Waals surface area (Å²) in [7, 11) is 0. The maximum Gasteiger partial charge on any atom is 0.219 e. The van der Waals surface area contributed by atoms with E-state index in [2.05, 4.69) is 0 Å². The lowest BCUT2D eigenvalue weighted by molar-refractivity contribution is -0.130. The van der Waals surface area contributed by atoms with Crippen molar-refractivity contribution >= 4 is 5.91 Å². The summed E-state index contributed by atoms with van der Waals surface area (Å²) in [5.41, 5.74) is 0. The standard InChI is InChI=1S/C12H23NO5/c1-12(14)13-2-4-15-6-8-17-10-11-18-9-7-16-5-3-13/h2-11H2,1H3. The molecule has 106 valence electrons. The van der Waals surface area contributed by atoms with Crippen LogP contribution >= 0.6 is 0 Å². The molecule has 1 heterocycles. The van der Waals surface area contributed by atoms with Crippen LogP contribution in [0.15, 0.2) is 0 Å². The molecule has 0 unspecified atom stereocenters. The summed E-state index contributed by atoms with van der Waals surface area (Å²) in [6.45, 7) is 7.14. The van der Waals surface area contributed by atoms with Gasteiger partial charge in [0.05, 0.1) is 52.9 Å². The molecule has 0 saturated carbocycles. The summed E-state index contributed by atoms with van der Waals surface area (Å²) < 4.78 is 21.4. The molecule has 0 N–H and O–H groups in total. The molecule has 0 spiro atoms. The normalized spacial score (nSPS) is 21.9. The topological polar surface area (TPSA) is 57.2 Å². The van der Waals surface area contributed by atoms with Crippen molar-refractivity contribution in [1.82, 2.24) is 4.90 Å². The molecule has 0 radical (unpaired) electrons. The largest absolute Gasteiger partial charge is 0.377 e. The van der Waals surface area contributed by atoms with E-state index in [-0.39, 0.29) is 5.91 Å². The van der Waals surface area contributed by atoms with Crippen LogP contribution in [0.2, 0.25) is 0 Å². The van der Waals surface area contributed by atoms with Crippen LogP contribution in [0.25, 0.3) is 0 Å². The van der Waals surface area contributed by atoms with Gasteiger partial charge >= 0.3 is 0 Å². The Balaban J connectivity index is 2.26. The summed E-state index contributed by atoms with van der Waals surface area (Å²) >= 11 is 0. The zero-order valence-corrected chi connectivity index (χ0v) is 11.1. The molecule has 1 fully saturated rings. The van der Waals surface area contributed by atoms with Crippen molar-refractivity contribution < 1.29 is 23.7 Å². The predicted molar refractivity (Wildman–Crippen MR) is 65.5 cm³/mol. The van der Waals surface area contributed by atoms with Crippen LogP contribution in [0.3, 0.4) is 0 Å². The van der Waals surface area contributed by atoms with Crippen molar-refractivity contribution in [3.05, 3.63) is 0 Å². The smallest absolute Gasteiger partial charge is 0.219 e. The molecular weight excluding hydrogens is 238 g/mol. The maximum atomic E-state index is 11.4. The first-order valence-corrected chi connectivity index (χ1v) is 6.37. The van der Waals surface area contributed by atoms with Gasteiger partial charge in [-0.15, -0.1) is 0 Å². The predicted octanol–water partition coefficient (Wildman–Crippen LogP) is -0.0851. The molecule has 0 aromatic rings.